The van der Waals surface area contributed by atoms with E-state index in [2.05, 4.69) is 53.4 Å². The Morgan fingerprint density at radius 3 is 2.53 bits per heavy atom. The fourth-order valence-electron chi connectivity index (χ4n) is 4.41. The van der Waals surface area contributed by atoms with Crippen LogP contribution in [0.5, 0.6) is 0 Å². The first-order valence-corrected chi connectivity index (χ1v) is 10.9. The van der Waals surface area contributed by atoms with E-state index in [1.807, 2.05) is 26.1 Å². The molecule has 158 valence electrons. The van der Waals surface area contributed by atoms with Crippen molar-refractivity contribution in [1.82, 2.24) is 25.0 Å². The van der Waals surface area contributed by atoms with Gasteiger partial charge in [-0.25, -0.2) is 4.98 Å². The lowest BCUT2D eigenvalue weighted by atomic mass is 10.0. The smallest absolute Gasteiger partial charge is 0.252 e. The van der Waals surface area contributed by atoms with E-state index in [0.29, 0.717) is 12.1 Å². The Morgan fingerprint density at radius 2 is 1.87 bits per heavy atom. The highest BCUT2D eigenvalue weighted by Crippen LogP contribution is 2.27. The molecular formula is C24H31N5O. The molecule has 1 aliphatic rings. The van der Waals surface area contributed by atoms with Crippen molar-refractivity contribution in [3.63, 3.8) is 0 Å². The summed E-state index contributed by atoms with van der Waals surface area (Å²) in [6, 6.07) is 12.6. The SMILES string of the molecule is Cc1nn(C)c2nc(C(C)C)cc(C(=O)NCC(c3ccccc3)N3CCCC3)c12. The first-order valence-electron chi connectivity index (χ1n) is 10.9. The number of hydrogen-bond donors (Lipinski definition) is 1. The third kappa shape index (κ3) is 3.97. The van der Waals surface area contributed by atoms with Crippen molar-refractivity contribution in [2.45, 2.75) is 45.6 Å². The number of carbonyl (C=O) groups excluding carboxylic acids is 1. The molecule has 6 nitrogen and oxygen atoms in total. The van der Waals surface area contributed by atoms with Gasteiger partial charge in [-0.15, -0.1) is 0 Å². The van der Waals surface area contributed by atoms with Gasteiger partial charge in [0.15, 0.2) is 5.65 Å². The number of hydrogen-bond acceptors (Lipinski definition) is 4. The van der Waals surface area contributed by atoms with Crippen LogP contribution in [0.1, 0.15) is 66.0 Å². The highest BCUT2D eigenvalue weighted by atomic mass is 16.1. The number of nitrogens with one attached hydrogen (secondary N) is 1. The number of pyridine rings is 1. The second-order valence-electron chi connectivity index (χ2n) is 8.54. The van der Waals surface area contributed by atoms with E-state index >= 15 is 0 Å². The van der Waals surface area contributed by atoms with Crippen molar-refractivity contribution >= 4 is 16.9 Å². The van der Waals surface area contributed by atoms with Crippen LogP contribution in [0.25, 0.3) is 11.0 Å². The van der Waals surface area contributed by atoms with Gasteiger partial charge in [0, 0.05) is 19.3 Å². The molecule has 6 heteroatoms. The molecular weight excluding hydrogens is 374 g/mol. The highest BCUT2D eigenvalue weighted by molar-refractivity contribution is 6.06. The molecule has 3 heterocycles. The van der Waals surface area contributed by atoms with Crippen molar-refractivity contribution in [2.24, 2.45) is 7.05 Å². The number of amides is 1. The van der Waals surface area contributed by atoms with Crippen LogP contribution in [0.4, 0.5) is 0 Å². The van der Waals surface area contributed by atoms with E-state index in [-0.39, 0.29) is 17.9 Å². The second-order valence-corrected chi connectivity index (χ2v) is 8.54. The first-order chi connectivity index (χ1) is 14.5. The Hall–Kier alpha value is -2.73. The summed E-state index contributed by atoms with van der Waals surface area (Å²) < 4.78 is 1.77. The van der Waals surface area contributed by atoms with Crippen molar-refractivity contribution in [3.8, 4) is 0 Å². The molecule has 1 saturated heterocycles. The van der Waals surface area contributed by atoms with Crippen LogP contribution in [-0.4, -0.2) is 45.2 Å². The summed E-state index contributed by atoms with van der Waals surface area (Å²) in [5.41, 5.74) is 4.43. The summed E-state index contributed by atoms with van der Waals surface area (Å²) in [7, 11) is 1.88. The molecule has 1 unspecified atom stereocenters. The number of nitrogens with zero attached hydrogens (tertiary/aromatic N) is 4. The van der Waals surface area contributed by atoms with Crippen LogP contribution in [0, 0.1) is 6.92 Å². The van der Waals surface area contributed by atoms with Crippen molar-refractivity contribution in [2.75, 3.05) is 19.6 Å². The molecule has 1 atom stereocenters. The zero-order chi connectivity index (χ0) is 21.3. The largest absolute Gasteiger partial charge is 0.350 e. The predicted molar refractivity (Wildman–Crippen MR) is 120 cm³/mol. The van der Waals surface area contributed by atoms with Gasteiger partial charge in [0.25, 0.3) is 5.91 Å². The molecule has 1 aliphatic heterocycles. The number of likely N-dealkylation sites (tertiary alicyclic amines) is 1. The average molecular weight is 406 g/mol. The van der Waals surface area contributed by atoms with E-state index in [4.69, 9.17) is 4.98 Å². The maximum absolute atomic E-state index is 13.4. The maximum Gasteiger partial charge on any atom is 0.252 e. The van der Waals surface area contributed by atoms with E-state index in [1.54, 1.807) is 4.68 Å². The molecule has 0 saturated carbocycles. The fourth-order valence-corrected chi connectivity index (χ4v) is 4.41. The minimum absolute atomic E-state index is 0.0551. The summed E-state index contributed by atoms with van der Waals surface area (Å²) in [5.74, 6) is 0.179. The van der Waals surface area contributed by atoms with E-state index in [9.17, 15) is 4.79 Å². The van der Waals surface area contributed by atoms with Crippen molar-refractivity contribution < 1.29 is 4.79 Å². The highest BCUT2D eigenvalue weighted by Gasteiger charge is 2.25. The lowest BCUT2D eigenvalue weighted by Crippen LogP contribution is -2.37. The van der Waals surface area contributed by atoms with Crippen LogP contribution in [-0.2, 0) is 7.05 Å². The van der Waals surface area contributed by atoms with Gasteiger partial charge in [-0.3, -0.25) is 14.4 Å². The number of benzene rings is 1. The Morgan fingerprint density at radius 1 is 1.17 bits per heavy atom. The standard InChI is InChI=1S/C24H31N5O/c1-16(2)20-14-19(22-17(3)27-28(4)23(22)26-20)24(30)25-15-21(29-12-8-9-13-29)18-10-6-5-7-11-18/h5-7,10-11,14,16,21H,8-9,12-13,15H2,1-4H3,(H,25,30). The second kappa shape index (κ2) is 8.56. The summed E-state index contributed by atoms with van der Waals surface area (Å²) in [6.45, 7) is 8.87. The summed E-state index contributed by atoms with van der Waals surface area (Å²) >= 11 is 0. The van der Waals surface area contributed by atoms with Crippen LogP contribution < -0.4 is 5.32 Å². The van der Waals surface area contributed by atoms with Gasteiger partial charge in [0.2, 0.25) is 0 Å². The van der Waals surface area contributed by atoms with Gasteiger partial charge in [0.1, 0.15) is 0 Å². The molecule has 2 aromatic heterocycles. The van der Waals surface area contributed by atoms with E-state index in [1.165, 1.54) is 18.4 Å². The summed E-state index contributed by atoms with van der Waals surface area (Å²) in [6.07, 6.45) is 2.43. The van der Waals surface area contributed by atoms with Crippen molar-refractivity contribution in [3.05, 3.63) is 58.9 Å². The lowest BCUT2D eigenvalue weighted by Gasteiger charge is -2.28. The fraction of sp³-hybridized carbons (Fsp3) is 0.458. The van der Waals surface area contributed by atoms with Gasteiger partial charge in [-0.05, 0) is 50.4 Å². The monoisotopic (exact) mass is 405 g/mol. The lowest BCUT2D eigenvalue weighted by molar-refractivity contribution is 0.0939. The average Bonchev–Trinajstić information content (AvgIpc) is 3.37. The van der Waals surface area contributed by atoms with E-state index < -0.39 is 0 Å². The maximum atomic E-state index is 13.4. The number of aromatic nitrogens is 3. The molecule has 0 aliphatic carbocycles. The molecule has 1 fully saturated rings. The molecule has 0 radical (unpaired) electrons. The van der Waals surface area contributed by atoms with Gasteiger partial charge < -0.3 is 5.32 Å². The van der Waals surface area contributed by atoms with Gasteiger partial charge in [-0.2, -0.15) is 5.10 Å². The topological polar surface area (TPSA) is 63.1 Å². The zero-order valence-corrected chi connectivity index (χ0v) is 18.4. The third-order valence-corrected chi connectivity index (χ3v) is 6.05. The number of rotatable bonds is 6. The van der Waals surface area contributed by atoms with Crippen LogP contribution in [0.15, 0.2) is 36.4 Å². The van der Waals surface area contributed by atoms with Crippen molar-refractivity contribution in [1.29, 1.82) is 0 Å². The molecule has 0 bridgehead atoms. The van der Waals surface area contributed by atoms with Gasteiger partial charge in [-0.1, -0.05) is 44.2 Å². The molecule has 0 spiro atoms. The molecule has 30 heavy (non-hydrogen) atoms. The number of carbonyl (C=O) groups is 1. The third-order valence-electron chi connectivity index (χ3n) is 6.05. The van der Waals surface area contributed by atoms with E-state index in [0.717, 1.165) is 35.5 Å². The molecule has 3 aromatic rings. The van der Waals surface area contributed by atoms with Gasteiger partial charge in [0.05, 0.1) is 22.7 Å². The van der Waals surface area contributed by atoms with Crippen LogP contribution in [0.3, 0.4) is 0 Å². The van der Waals surface area contributed by atoms with Crippen LogP contribution in [0.2, 0.25) is 0 Å². The molecule has 1 N–H and O–H groups in total. The number of aryl methyl sites for hydroxylation is 2. The molecule has 1 amide bonds. The quantitative estimate of drug-likeness (QED) is 0.674. The van der Waals surface area contributed by atoms with Gasteiger partial charge >= 0.3 is 0 Å². The Bertz CT molecular complexity index is 1030. The summed E-state index contributed by atoms with van der Waals surface area (Å²) in [4.78, 5) is 20.6. The Labute approximate surface area is 178 Å². The minimum Gasteiger partial charge on any atom is -0.350 e. The normalized spacial score (nSPS) is 15.8. The zero-order valence-electron chi connectivity index (χ0n) is 18.4. The molecule has 1 aromatic carbocycles. The first kappa shape index (κ1) is 20.5. The minimum atomic E-state index is -0.0551. The Balaban J connectivity index is 1.63. The predicted octanol–water partition coefficient (Wildman–Crippen LogP) is 3.97. The Kier molecular flexibility index (Phi) is 5.86. The van der Waals surface area contributed by atoms with Crippen LogP contribution >= 0.6 is 0 Å². The number of fused-ring (bicyclic) bond motifs is 1. The molecule has 4 rings (SSSR count). The summed E-state index contributed by atoms with van der Waals surface area (Å²) in [5, 5.41) is 8.57.